The number of esters is 1. The molecule has 1 unspecified atom stereocenters. The molecule has 0 aliphatic heterocycles. The largest absolute Gasteiger partial charge is 0.507 e. The van der Waals surface area contributed by atoms with Crippen molar-refractivity contribution in [3.63, 3.8) is 0 Å². The standard InChI is InChI=1S/C13H18O3/c1-5-16-13(15)10(4)11-6-8(2)12(14)9(3)7-11/h6-7,10,14H,5H2,1-4H3. The Balaban J connectivity index is 3.01. The Labute approximate surface area is 96.1 Å². The molecule has 0 aliphatic rings. The van der Waals surface area contributed by atoms with Crippen molar-refractivity contribution in [2.24, 2.45) is 0 Å². The molecule has 16 heavy (non-hydrogen) atoms. The van der Waals surface area contributed by atoms with Gasteiger partial charge < -0.3 is 9.84 Å². The zero-order valence-electron chi connectivity index (χ0n) is 10.2. The first kappa shape index (κ1) is 12.6. The summed E-state index contributed by atoms with van der Waals surface area (Å²) < 4.78 is 4.97. The van der Waals surface area contributed by atoms with E-state index in [4.69, 9.17) is 4.74 Å². The highest BCUT2D eigenvalue weighted by molar-refractivity contribution is 5.78. The van der Waals surface area contributed by atoms with Crippen molar-refractivity contribution in [2.75, 3.05) is 6.61 Å². The third-order valence-corrected chi connectivity index (χ3v) is 2.65. The Kier molecular flexibility index (Phi) is 3.93. The lowest BCUT2D eigenvalue weighted by molar-refractivity contribution is -0.144. The van der Waals surface area contributed by atoms with Crippen LogP contribution in [0.1, 0.15) is 36.5 Å². The maximum atomic E-state index is 11.6. The molecule has 1 atom stereocenters. The van der Waals surface area contributed by atoms with Gasteiger partial charge in [-0.2, -0.15) is 0 Å². The first-order valence-corrected chi connectivity index (χ1v) is 5.44. The molecule has 0 spiro atoms. The van der Waals surface area contributed by atoms with Crippen LogP contribution in [-0.4, -0.2) is 17.7 Å². The first-order chi connectivity index (χ1) is 7.47. The Morgan fingerprint density at radius 2 is 1.88 bits per heavy atom. The van der Waals surface area contributed by atoms with Crippen LogP contribution in [0, 0.1) is 13.8 Å². The van der Waals surface area contributed by atoms with Crippen LogP contribution < -0.4 is 0 Å². The van der Waals surface area contributed by atoms with E-state index < -0.39 is 0 Å². The molecule has 0 aliphatic carbocycles. The molecule has 0 aromatic heterocycles. The van der Waals surface area contributed by atoms with Crippen molar-refractivity contribution in [3.8, 4) is 5.75 Å². The average molecular weight is 222 g/mol. The van der Waals surface area contributed by atoms with Gasteiger partial charge in [-0.15, -0.1) is 0 Å². The molecule has 1 N–H and O–H groups in total. The van der Waals surface area contributed by atoms with Crippen LogP contribution >= 0.6 is 0 Å². The SMILES string of the molecule is CCOC(=O)C(C)c1cc(C)c(O)c(C)c1. The summed E-state index contributed by atoms with van der Waals surface area (Å²) >= 11 is 0. The Morgan fingerprint density at radius 1 is 1.38 bits per heavy atom. The van der Waals surface area contributed by atoms with E-state index >= 15 is 0 Å². The lowest BCUT2D eigenvalue weighted by Crippen LogP contribution is -2.13. The summed E-state index contributed by atoms with van der Waals surface area (Å²) in [6.07, 6.45) is 0. The molecule has 0 amide bonds. The van der Waals surface area contributed by atoms with E-state index in [0.717, 1.165) is 16.7 Å². The lowest BCUT2D eigenvalue weighted by atomic mass is 9.96. The molecule has 88 valence electrons. The molecule has 0 saturated heterocycles. The van der Waals surface area contributed by atoms with Gasteiger partial charge in [0, 0.05) is 0 Å². The van der Waals surface area contributed by atoms with Gasteiger partial charge in [0.1, 0.15) is 5.75 Å². The number of rotatable bonds is 3. The number of phenolic OH excluding ortho intramolecular Hbond substituents is 1. The fraction of sp³-hybridized carbons (Fsp3) is 0.462. The number of ether oxygens (including phenoxy) is 1. The second-order valence-electron chi connectivity index (χ2n) is 3.98. The molecule has 3 heteroatoms. The average Bonchev–Trinajstić information content (AvgIpc) is 2.24. The quantitative estimate of drug-likeness (QED) is 0.800. The van der Waals surface area contributed by atoms with Gasteiger partial charge in [-0.25, -0.2) is 0 Å². The molecule has 0 radical (unpaired) electrons. The summed E-state index contributed by atoms with van der Waals surface area (Å²) in [6.45, 7) is 7.63. The van der Waals surface area contributed by atoms with Crippen LogP contribution in [-0.2, 0) is 9.53 Å². The van der Waals surface area contributed by atoms with Gasteiger partial charge in [-0.05, 0) is 44.4 Å². The third-order valence-electron chi connectivity index (χ3n) is 2.65. The number of carbonyl (C=O) groups excluding carboxylic acids is 1. The fourth-order valence-electron chi connectivity index (χ4n) is 1.64. The minimum Gasteiger partial charge on any atom is -0.507 e. The van der Waals surface area contributed by atoms with Crippen LogP contribution in [0.2, 0.25) is 0 Å². The van der Waals surface area contributed by atoms with Crippen LogP contribution in [0.5, 0.6) is 5.75 Å². The highest BCUT2D eigenvalue weighted by Gasteiger charge is 2.17. The normalized spacial score (nSPS) is 12.2. The number of aromatic hydroxyl groups is 1. The predicted molar refractivity (Wildman–Crippen MR) is 62.6 cm³/mol. The maximum Gasteiger partial charge on any atom is 0.313 e. The Bertz CT molecular complexity index is 373. The Hall–Kier alpha value is -1.51. The molecular weight excluding hydrogens is 204 g/mol. The summed E-state index contributed by atoms with van der Waals surface area (Å²) in [6, 6.07) is 3.65. The van der Waals surface area contributed by atoms with Gasteiger partial charge in [0.25, 0.3) is 0 Å². The van der Waals surface area contributed by atoms with E-state index in [-0.39, 0.29) is 11.9 Å². The Morgan fingerprint density at radius 3 is 2.31 bits per heavy atom. The second kappa shape index (κ2) is 5.01. The summed E-state index contributed by atoms with van der Waals surface area (Å²) in [7, 11) is 0. The maximum absolute atomic E-state index is 11.6. The highest BCUT2D eigenvalue weighted by Crippen LogP contribution is 2.27. The van der Waals surface area contributed by atoms with Gasteiger partial charge in [0.2, 0.25) is 0 Å². The summed E-state index contributed by atoms with van der Waals surface area (Å²) in [5.41, 5.74) is 2.45. The molecule has 1 aromatic rings. The van der Waals surface area contributed by atoms with E-state index in [9.17, 15) is 9.90 Å². The molecule has 0 bridgehead atoms. The van der Waals surface area contributed by atoms with Gasteiger partial charge in [-0.1, -0.05) is 12.1 Å². The second-order valence-corrected chi connectivity index (χ2v) is 3.98. The van der Waals surface area contributed by atoms with Crippen LogP contribution in [0.25, 0.3) is 0 Å². The molecular formula is C13H18O3. The number of phenols is 1. The van der Waals surface area contributed by atoms with Crippen molar-refractivity contribution in [1.82, 2.24) is 0 Å². The number of aryl methyl sites for hydroxylation is 2. The number of hydrogen-bond acceptors (Lipinski definition) is 3. The van der Waals surface area contributed by atoms with Crippen molar-refractivity contribution in [2.45, 2.75) is 33.6 Å². The first-order valence-electron chi connectivity index (χ1n) is 5.44. The zero-order chi connectivity index (χ0) is 12.3. The lowest BCUT2D eigenvalue weighted by Gasteiger charge is -2.13. The third kappa shape index (κ3) is 2.54. The van der Waals surface area contributed by atoms with E-state index in [1.807, 2.05) is 32.9 Å². The molecule has 0 heterocycles. The monoisotopic (exact) mass is 222 g/mol. The van der Waals surface area contributed by atoms with Crippen molar-refractivity contribution in [3.05, 3.63) is 28.8 Å². The minimum absolute atomic E-state index is 0.230. The number of hydrogen-bond donors (Lipinski definition) is 1. The van der Waals surface area contributed by atoms with Crippen LogP contribution in [0.3, 0.4) is 0 Å². The predicted octanol–water partition coefficient (Wildman–Crippen LogP) is 2.68. The molecule has 0 saturated carbocycles. The number of carbonyl (C=O) groups is 1. The molecule has 0 fully saturated rings. The zero-order valence-corrected chi connectivity index (χ0v) is 10.2. The summed E-state index contributed by atoms with van der Waals surface area (Å²) in [4.78, 5) is 11.6. The topological polar surface area (TPSA) is 46.5 Å². The van der Waals surface area contributed by atoms with Gasteiger partial charge >= 0.3 is 5.97 Å². The molecule has 1 aromatic carbocycles. The molecule has 3 nitrogen and oxygen atoms in total. The van der Waals surface area contributed by atoms with Gasteiger partial charge in [-0.3, -0.25) is 4.79 Å². The summed E-state index contributed by atoms with van der Waals surface area (Å²) in [5, 5.41) is 9.64. The van der Waals surface area contributed by atoms with Gasteiger partial charge in [0.05, 0.1) is 12.5 Å². The van der Waals surface area contributed by atoms with Gasteiger partial charge in [0.15, 0.2) is 0 Å². The van der Waals surface area contributed by atoms with Crippen molar-refractivity contribution in [1.29, 1.82) is 0 Å². The van der Waals surface area contributed by atoms with Crippen LogP contribution in [0.15, 0.2) is 12.1 Å². The van der Waals surface area contributed by atoms with E-state index in [0.29, 0.717) is 12.4 Å². The van der Waals surface area contributed by atoms with Crippen molar-refractivity contribution >= 4 is 5.97 Å². The highest BCUT2D eigenvalue weighted by atomic mass is 16.5. The van der Waals surface area contributed by atoms with E-state index in [2.05, 4.69) is 0 Å². The summed E-state index contributed by atoms with van der Waals surface area (Å²) in [5.74, 6) is -0.232. The van der Waals surface area contributed by atoms with Crippen molar-refractivity contribution < 1.29 is 14.6 Å². The fourth-order valence-corrected chi connectivity index (χ4v) is 1.64. The van der Waals surface area contributed by atoms with E-state index in [1.54, 1.807) is 6.92 Å². The van der Waals surface area contributed by atoms with E-state index in [1.165, 1.54) is 0 Å². The number of benzene rings is 1. The molecule has 1 rings (SSSR count). The van der Waals surface area contributed by atoms with Crippen LogP contribution in [0.4, 0.5) is 0 Å². The smallest absolute Gasteiger partial charge is 0.313 e. The minimum atomic E-state index is -0.294.